The van der Waals surface area contributed by atoms with Gasteiger partial charge in [-0.25, -0.2) is 0 Å². The molecule has 1 aromatic carbocycles. The molecule has 4 rings (SSSR count). The normalized spacial score (nSPS) is 25.4. The quantitative estimate of drug-likeness (QED) is 0.897. The second-order valence-electron chi connectivity index (χ2n) is 7.16. The predicted octanol–water partition coefficient (Wildman–Crippen LogP) is 2.33. The van der Waals surface area contributed by atoms with Crippen molar-refractivity contribution in [2.24, 2.45) is 17.3 Å². The van der Waals surface area contributed by atoms with Crippen molar-refractivity contribution in [1.82, 2.24) is 10.6 Å². The van der Waals surface area contributed by atoms with Crippen LogP contribution in [0.25, 0.3) is 0 Å². The summed E-state index contributed by atoms with van der Waals surface area (Å²) in [7, 11) is 0. The van der Waals surface area contributed by atoms with Gasteiger partial charge in [-0.1, -0.05) is 24.3 Å². The van der Waals surface area contributed by atoms with Gasteiger partial charge >= 0.3 is 0 Å². The molecular weight excluding hydrogens is 296 g/mol. The van der Waals surface area contributed by atoms with Gasteiger partial charge in [-0.05, 0) is 67.7 Å². The van der Waals surface area contributed by atoms with Gasteiger partial charge < -0.3 is 10.6 Å². The lowest BCUT2D eigenvalue weighted by molar-refractivity contribution is -0.123. The maximum absolute atomic E-state index is 12.4. The van der Waals surface area contributed by atoms with Crippen LogP contribution in [0.3, 0.4) is 0 Å². The van der Waals surface area contributed by atoms with Crippen LogP contribution in [0.15, 0.2) is 24.3 Å². The first-order chi connectivity index (χ1) is 10.3. The molecule has 1 atom stereocenters. The SMILES string of the molecule is Cl.O=C(NCC1Cc2ccccc2C1)C1CC12CCNCC2. The minimum absolute atomic E-state index is 0. The molecule has 0 aromatic heterocycles. The van der Waals surface area contributed by atoms with E-state index >= 15 is 0 Å². The van der Waals surface area contributed by atoms with Crippen LogP contribution in [-0.4, -0.2) is 25.5 Å². The van der Waals surface area contributed by atoms with Crippen LogP contribution in [0.4, 0.5) is 0 Å². The topological polar surface area (TPSA) is 41.1 Å². The molecule has 2 fully saturated rings. The molecule has 1 saturated carbocycles. The van der Waals surface area contributed by atoms with Crippen LogP contribution >= 0.6 is 12.4 Å². The molecule has 1 aromatic rings. The van der Waals surface area contributed by atoms with Gasteiger partial charge in [0.2, 0.25) is 5.91 Å². The largest absolute Gasteiger partial charge is 0.356 e. The van der Waals surface area contributed by atoms with Crippen molar-refractivity contribution < 1.29 is 4.79 Å². The molecule has 4 heteroatoms. The summed E-state index contributed by atoms with van der Waals surface area (Å²) in [5.74, 6) is 1.20. The first-order valence-electron chi connectivity index (χ1n) is 8.32. The van der Waals surface area contributed by atoms with E-state index in [0.29, 0.717) is 23.2 Å². The smallest absolute Gasteiger partial charge is 0.223 e. The highest BCUT2D eigenvalue weighted by atomic mass is 35.5. The van der Waals surface area contributed by atoms with Crippen molar-refractivity contribution in [1.29, 1.82) is 0 Å². The monoisotopic (exact) mass is 320 g/mol. The summed E-state index contributed by atoms with van der Waals surface area (Å²) in [5.41, 5.74) is 3.30. The summed E-state index contributed by atoms with van der Waals surface area (Å²) < 4.78 is 0. The number of fused-ring (bicyclic) bond motifs is 1. The van der Waals surface area contributed by atoms with Crippen LogP contribution in [0.2, 0.25) is 0 Å². The van der Waals surface area contributed by atoms with Crippen molar-refractivity contribution >= 4 is 18.3 Å². The third-order valence-electron chi connectivity index (χ3n) is 5.81. The Morgan fingerprint density at radius 1 is 1.18 bits per heavy atom. The Bertz CT molecular complexity index is 529. The third-order valence-corrected chi connectivity index (χ3v) is 5.81. The van der Waals surface area contributed by atoms with Crippen molar-refractivity contribution in [3.05, 3.63) is 35.4 Å². The number of benzene rings is 1. The van der Waals surface area contributed by atoms with E-state index in [1.807, 2.05) is 0 Å². The molecule has 1 saturated heterocycles. The summed E-state index contributed by atoms with van der Waals surface area (Å²) in [6.45, 7) is 3.02. The summed E-state index contributed by atoms with van der Waals surface area (Å²) in [4.78, 5) is 12.4. The van der Waals surface area contributed by atoms with Gasteiger partial charge in [0.05, 0.1) is 0 Å². The average molecular weight is 321 g/mol. The van der Waals surface area contributed by atoms with Gasteiger partial charge in [0.1, 0.15) is 0 Å². The minimum atomic E-state index is 0. The van der Waals surface area contributed by atoms with Gasteiger partial charge in [-0.3, -0.25) is 4.79 Å². The Hall–Kier alpha value is -1.06. The Kier molecular flexibility index (Phi) is 4.47. The zero-order valence-electron chi connectivity index (χ0n) is 12.9. The molecule has 1 spiro atoms. The Morgan fingerprint density at radius 2 is 1.82 bits per heavy atom. The Balaban J connectivity index is 0.00000144. The maximum Gasteiger partial charge on any atom is 0.223 e. The molecule has 1 aliphatic heterocycles. The number of hydrogen-bond acceptors (Lipinski definition) is 2. The number of rotatable bonds is 3. The fourth-order valence-corrected chi connectivity index (χ4v) is 4.36. The van der Waals surface area contributed by atoms with Crippen LogP contribution in [0.5, 0.6) is 0 Å². The lowest BCUT2D eigenvalue weighted by Crippen LogP contribution is -2.35. The number of hydrogen-bond donors (Lipinski definition) is 2. The van der Waals surface area contributed by atoms with Crippen molar-refractivity contribution in [2.45, 2.75) is 32.1 Å². The highest BCUT2D eigenvalue weighted by Crippen LogP contribution is 2.58. The number of amides is 1. The second-order valence-corrected chi connectivity index (χ2v) is 7.16. The lowest BCUT2D eigenvalue weighted by Gasteiger charge is -2.23. The second kappa shape index (κ2) is 6.21. The first kappa shape index (κ1) is 15.8. The third kappa shape index (κ3) is 2.89. The molecule has 1 unspecified atom stereocenters. The molecule has 2 N–H and O–H groups in total. The Morgan fingerprint density at radius 3 is 2.45 bits per heavy atom. The zero-order valence-corrected chi connectivity index (χ0v) is 13.8. The van der Waals surface area contributed by atoms with Gasteiger partial charge in [0.25, 0.3) is 0 Å². The minimum Gasteiger partial charge on any atom is -0.356 e. The van der Waals surface area contributed by atoms with E-state index in [2.05, 4.69) is 34.9 Å². The molecule has 0 bridgehead atoms. The van der Waals surface area contributed by atoms with Crippen LogP contribution in [0.1, 0.15) is 30.4 Å². The Labute approximate surface area is 138 Å². The molecule has 3 nitrogen and oxygen atoms in total. The molecule has 1 heterocycles. The fourth-order valence-electron chi connectivity index (χ4n) is 4.36. The molecule has 3 aliphatic rings. The lowest BCUT2D eigenvalue weighted by atomic mass is 9.91. The molecule has 1 amide bonds. The van der Waals surface area contributed by atoms with E-state index in [1.165, 1.54) is 24.0 Å². The summed E-state index contributed by atoms with van der Waals surface area (Å²) in [6.07, 6.45) is 5.72. The van der Waals surface area contributed by atoms with E-state index in [4.69, 9.17) is 0 Å². The molecule has 22 heavy (non-hydrogen) atoms. The number of nitrogens with one attached hydrogen (secondary N) is 2. The number of piperidine rings is 1. The summed E-state index contributed by atoms with van der Waals surface area (Å²) in [5, 5.41) is 6.63. The maximum atomic E-state index is 12.4. The first-order valence-corrected chi connectivity index (χ1v) is 8.32. The number of carbonyl (C=O) groups excluding carboxylic acids is 1. The van der Waals surface area contributed by atoms with Crippen LogP contribution < -0.4 is 10.6 Å². The average Bonchev–Trinajstić information content (AvgIpc) is 3.04. The van der Waals surface area contributed by atoms with E-state index in [-0.39, 0.29) is 12.4 Å². The highest BCUT2D eigenvalue weighted by Gasteiger charge is 2.57. The van der Waals surface area contributed by atoms with Gasteiger partial charge in [0, 0.05) is 12.5 Å². The molecule has 120 valence electrons. The molecule has 0 radical (unpaired) electrons. The van der Waals surface area contributed by atoms with Crippen LogP contribution in [0, 0.1) is 17.3 Å². The summed E-state index contributed by atoms with van der Waals surface area (Å²) >= 11 is 0. The van der Waals surface area contributed by atoms with Crippen LogP contribution in [-0.2, 0) is 17.6 Å². The van der Waals surface area contributed by atoms with Crippen molar-refractivity contribution in [3.8, 4) is 0 Å². The zero-order chi connectivity index (χ0) is 14.3. The van der Waals surface area contributed by atoms with E-state index in [1.54, 1.807) is 0 Å². The van der Waals surface area contributed by atoms with Gasteiger partial charge in [0.15, 0.2) is 0 Å². The van der Waals surface area contributed by atoms with E-state index in [9.17, 15) is 4.79 Å². The van der Waals surface area contributed by atoms with Gasteiger partial charge in [-0.2, -0.15) is 0 Å². The standard InChI is InChI=1S/C18H24N2O.ClH/c21-17(16-11-18(16)5-7-19-8-6-18)20-12-13-9-14-3-1-2-4-15(14)10-13;/h1-4,13,16,19H,5-12H2,(H,20,21);1H. The van der Waals surface area contributed by atoms with Gasteiger partial charge in [-0.15, -0.1) is 12.4 Å². The van der Waals surface area contributed by atoms with E-state index in [0.717, 1.165) is 38.9 Å². The predicted molar refractivity (Wildman–Crippen MR) is 90.2 cm³/mol. The number of carbonyl (C=O) groups is 1. The van der Waals surface area contributed by atoms with Crippen molar-refractivity contribution in [3.63, 3.8) is 0 Å². The van der Waals surface area contributed by atoms with E-state index < -0.39 is 0 Å². The highest BCUT2D eigenvalue weighted by molar-refractivity contribution is 5.85. The molecule has 2 aliphatic carbocycles. The number of halogens is 1. The summed E-state index contributed by atoms with van der Waals surface area (Å²) in [6, 6.07) is 8.68. The van der Waals surface area contributed by atoms with Crippen molar-refractivity contribution in [2.75, 3.05) is 19.6 Å². The molecular formula is C18H25ClN2O. The fraction of sp³-hybridized carbons (Fsp3) is 0.611.